The monoisotopic (exact) mass is 339 g/mol. The topological polar surface area (TPSA) is 68.0 Å². The lowest BCUT2D eigenvalue weighted by Gasteiger charge is -2.07. The van der Waals surface area contributed by atoms with Crippen LogP contribution >= 0.6 is 11.3 Å². The highest BCUT2D eigenvalue weighted by Crippen LogP contribution is 2.21. The summed E-state index contributed by atoms with van der Waals surface area (Å²) in [6, 6.07) is 3.39. The van der Waals surface area contributed by atoms with Crippen LogP contribution in [0.15, 0.2) is 23.6 Å². The van der Waals surface area contributed by atoms with E-state index < -0.39 is 17.5 Å². The van der Waals surface area contributed by atoms with Gasteiger partial charge in [-0.2, -0.15) is 0 Å². The van der Waals surface area contributed by atoms with Crippen molar-refractivity contribution in [1.82, 2.24) is 10.3 Å². The molecular weight excluding hydrogens is 320 g/mol. The van der Waals surface area contributed by atoms with Crippen molar-refractivity contribution in [2.24, 2.45) is 5.73 Å². The van der Waals surface area contributed by atoms with Crippen molar-refractivity contribution in [3.8, 4) is 0 Å². The summed E-state index contributed by atoms with van der Waals surface area (Å²) >= 11 is 1.32. The first-order valence-electron chi connectivity index (χ1n) is 7.45. The zero-order valence-electron chi connectivity index (χ0n) is 12.8. The fourth-order valence-electron chi connectivity index (χ4n) is 2.07. The summed E-state index contributed by atoms with van der Waals surface area (Å²) in [6.07, 6.45) is 2.85. The summed E-state index contributed by atoms with van der Waals surface area (Å²) in [5, 5.41) is 4.78. The molecule has 0 spiro atoms. The van der Waals surface area contributed by atoms with Crippen LogP contribution in [0.4, 0.5) is 8.78 Å². The molecular formula is C16H19F2N3OS. The summed E-state index contributed by atoms with van der Waals surface area (Å²) in [4.78, 5) is 16.3. The van der Waals surface area contributed by atoms with E-state index in [1.807, 2.05) is 0 Å². The number of unbranched alkanes of at least 4 members (excludes halogenated alkanes) is 1. The maximum Gasteiger partial charge on any atom is 0.271 e. The van der Waals surface area contributed by atoms with Gasteiger partial charge in [-0.05, 0) is 18.6 Å². The van der Waals surface area contributed by atoms with Crippen molar-refractivity contribution >= 4 is 17.2 Å². The number of thiazole rings is 1. The molecule has 1 unspecified atom stereocenters. The van der Waals surface area contributed by atoms with Crippen LogP contribution in [0.25, 0.3) is 0 Å². The molecule has 0 saturated carbocycles. The van der Waals surface area contributed by atoms with Crippen LogP contribution < -0.4 is 11.1 Å². The van der Waals surface area contributed by atoms with Crippen molar-refractivity contribution < 1.29 is 13.6 Å². The van der Waals surface area contributed by atoms with Crippen molar-refractivity contribution in [3.05, 3.63) is 51.5 Å². The molecule has 7 heteroatoms. The maximum absolute atomic E-state index is 13.5. The Morgan fingerprint density at radius 1 is 1.39 bits per heavy atom. The number of benzene rings is 1. The van der Waals surface area contributed by atoms with E-state index in [4.69, 9.17) is 5.73 Å². The molecule has 4 nitrogen and oxygen atoms in total. The van der Waals surface area contributed by atoms with E-state index in [9.17, 15) is 13.6 Å². The number of rotatable bonds is 7. The SMILES string of the molecule is CCCCC(N)c1nc(C(=O)NCc2c(F)cccc2F)cs1. The number of carbonyl (C=O) groups excluding carboxylic acids is 1. The summed E-state index contributed by atoms with van der Waals surface area (Å²) in [5.74, 6) is -1.85. The minimum Gasteiger partial charge on any atom is -0.346 e. The number of hydrogen-bond acceptors (Lipinski definition) is 4. The lowest BCUT2D eigenvalue weighted by Crippen LogP contribution is -2.24. The van der Waals surface area contributed by atoms with E-state index >= 15 is 0 Å². The first-order chi connectivity index (χ1) is 11.0. The third-order valence-corrected chi connectivity index (χ3v) is 4.40. The molecule has 1 amide bonds. The second-order valence-corrected chi connectivity index (χ2v) is 6.09. The first kappa shape index (κ1) is 17.5. The molecule has 3 N–H and O–H groups in total. The highest BCUT2D eigenvalue weighted by atomic mass is 32.1. The molecule has 23 heavy (non-hydrogen) atoms. The highest BCUT2D eigenvalue weighted by molar-refractivity contribution is 7.09. The van der Waals surface area contributed by atoms with E-state index in [-0.39, 0.29) is 23.8 Å². The standard InChI is InChI=1S/C16H19F2N3OS/c1-2-3-7-13(19)16-21-14(9-23-16)15(22)20-8-10-11(17)5-4-6-12(10)18/h4-6,9,13H,2-3,7-8,19H2,1H3,(H,20,22). The van der Waals surface area contributed by atoms with E-state index in [1.165, 1.54) is 17.4 Å². The van der Waals surface area contributed by atoms with Crippen LogP contribution in [-0.4, -0.2) is 10.9 Å². The highest BCUT2D eigenvalue weighted by Gasteiger charge is 2.16. The molecule has 0 aliphatic carbocycles. The van der Waals surface area contributed by atoms with Crippen molar-refractivity contribution in [3.63, 3.8) is 0 Å². The van der Waals surface area contributed by atoms with Gasteiger partial charge in [0.1, 0.15) is 22.3 Å². The first-order valence-corrected chi connectivity index (χ1v) is 8.33. The molecule has 1 aromatic heterocycles. The van der Waals surface area contributed by atoms with Gasteiger partial charge in [-0.1, -0.05) is 25.8 Å². The summed E-state index contributed by atoms with van der Waals surface area (Å²) in [6.45, 7) is 1.85. The van der Waals surface area contributed by atoms with Crippen LogP contribution in [0, 0.1) is 11.6 Å². The van der Waals surface area contributed by atoms with Gasteiger partial charge in [0.25, 0.3) is 5.91 Å². The van der Waals surface area contributed by atoms with Crippen LogP contribution in [0.1, 0.15) is 53.3 Å². The fraction of sp³-hybridized carbons (Fsp3) is 0.375. The molecule has 2 aromatic rings. The van der Waals surface area contributed by atoms with E-state index in [1.54, 1.807) is 5.38 Å². The Balaban J connectivity index is 1.97. The number of halogens is 2. The number of nitrogens with two attached hydrogens (primary N) is 1. The minimum absolute atomic E-state index is 0.170. The van der Waals surface area contributed by atoms with E-state index in [0.717, 1.165) is 31.4 Å². The van der Waals surface area contributed by atoms with E-state index in [0.29, 0.717) is 5.01 Å². The van der Waals surface area contributed by atoms with Crippen LogP contribution in [0.2, 0.25) is 0 Å². The molecule has 0 aliphatic rings. The Hall–Kier alpha value is -1.86. The van der Waals surface area contributed by atoms with Crippen molar-refractivity contribution in [2.45, 2.75) is 38.8 Å². The molecule has 1 heterocycles. The zero-order valence-corrected chi connectivity index (χ0v) is 13.6. The molecule has 0 aliphatic heterocycles. The Morgan fingerprint density at radius 3 is 2.74 bits per heavy atom. The molecule has 0 radical (unpaired) electrons. The number of carbonyl (C=O) groups is 1. The van der Waals surface area contributed by atoms with Crippen molar-refractivity contribution in [2.75, 3.05) is 0 Å². The molecule has 1 atom stereocenters. The van der Waals surface area contributed by atoms with Gasteiger partial charge in [-0.25, -0.2) is 13.8 Å². The molecule has 0 saturated heterocycles. The van der Waals surface area contributed by atoms with Gasteiger partial charge in [-0.3, -0.25) is 4.79 Å². The maximum atomic E-state index is 13.5. The molecule has 124 valence electrons. The average molecular weight is 339 g/mol. The number of nitrogens with zero attached hydrogens (tertiary/aromatic N) is 1. The number of hydrogen-bond donors (Lipinski definition) is 2. The predicted octanol–water partition coefficient (Wildman–Crippen LogP) is 3.54. The third-order valence-electron chi connectivity index (χ3n) is 3.43. The van der Waals surface area contributed by atoms with Gasteiger partial charge in [0.15, 0.2) is 0 Å². The molecule has 1 aromatic carbocycles. The molecule has 0 fully saturated rings. The molecule has 2 rings (SSSR count). The third kappa shape index (κ3) is 4.56. The Morgan fingerprint density at radius 2 is 2.09 bits per heavy atom. The zero-order chi connectivity index (χ0) is 16.8. The normalized spacial score (nSPS) is 12.2. The van der Waals surface area contributed by atoms with Crippen molar-refractivity contribution in [1.29, 1.82) is 0 Å². The largest absolute Gasteiger partial charge is 0.346 e. The van der Waals surface area contributed by atoms with Gasteiger partial charge in [0.05, 0.1) is 6.04 Å². The lowest BCUT2D eigenvalue weighted by molar-refractivity contribution is 0.0945. The Kier molecular flexibility index (Phi) is 6.18. The second kappa shape index (κ2) is 8.12. The van der Waals surface area contributed by atoms with Crippen LogP contribution in [0.5, 0.6) is 0 Å². The van der Waals surface area contributed by atoms with Gasteiger partial charge in [-0.15, -0.1) is 11.3 Å². The fourth-order valence-corrected chi connectivity index (χ4v) is 2.91. The van der Waals surface area contributed by atoms with Gasteiger partial charge < -0.3 is 11.1 Å². The Bertz CT molecular complexity index is 655. The Labute approximate surface area is 137 Å². The number of amides is 1. The van der Waals surface area contributed by atoms with Gasteiger partial charge in [0.2, 0.25) is 0 Å². The average Bonchev–Trinajstić information content (AvgIpc) is 3.02. The van der Waals surface area contributed by atoms with Crippen LogP contribution in [0.3, 0.4) is 0 Å². The van der Waals surface area contributed by atoms with Gasteiger partial charge >= 0.3 is 0 Å². The quantitative estimate of drug-likeness (QED) is 0.811. The summed E-state index contributed by atoms with van der Waals surface area (Å²) in [5.41, 5.74) is 6.06. The minimum atomic E-state index is -0.689. The second-order valence-electron chi connectivity index (χ2n) is 5.20. The number of aromatic nitrogens is 1. The van der Waals surface area contributed by atoms with E-state index in [2.05, 4.69) is 17.2 Å². The smallest absolute Gasteiger partial charge is 0.271 e. The number of nitrogens with one attached hydrogen (secondary N) is 1. The summed E-state index contributed by atoms with van der Waals surface area (Å²) < 4.78 is 27.0. The van der Waals surface area contributed by atoms with Gasteiger partial charge in [0, 0.05) is 17.5 Å². The predicted molar refractivity (Wildman–Crippen MR) is 86.1 cm³/mol. The lowest BCUT2D eigenvalue weighted by atomic mass is 10.1. The molecule has 0 bridgehead atoms. The summed E-state index contributed by atoms with van der Waals surface area (Å²) in [7, 11) is 0. The van der Waals surface area contributed by atoms with Crippen LogP contribution in [-0.2, 0) is 6.54 Å².